The fraction of sp³-hybridized carbons (Fsp3) is 0.933. The Bertz CT molecular complexity index is 292. The van der Waals surface area contributed by atoms with Crippen molar-refractivity contribution in [1.29, 1.82) is 0 Å². The number of rotatable bonds is 3. The van der Waals surface area contributed by atoms with Crippen LogP contribution >= 0.6 is 0 Å². The summed E-state index contributed by atoms with van der Waals surface area (Å²) in [4.78, 5) is 12.3. The van der Waals surface area contributed by atoms with Gasteiger partial charge in [0.1, 0.15) is 0 Å². The van der Waals surface area contributed by atoms with Crippen LogP contribution in [0.25, 0.3) is 0 Å². The molecule has 3 nitrogen and oxygen atoms in total. The zero-order valence-corrected chi connectivity index (χ0v) is 12.0. The van der Waals surface area contributed by atoms with Crippen molar-refractivity contribution >= 4 is 5.91 Å². The number of hydrogen-bond acceptors (Lipinski definition) is 2. The molecule has 0 aromatic heterocycles. The molecule has 1 amide bonds. The average molecular weight is 252 g/mol. The minimum atomic E-state index is 0.182. The van der Waals surface area contributed by atoms with Crippen LogP contribution in [0.1, 0.15) is 46.5 Å². The van der Waals surface area contributed by atoms with E-state index in [2.05, 4.69) is 31.4 Å². The molecule has 0 aromatic rings. The molecule has 3 heteroatoms. The highest BCUT2D eigenvalue weighted by Gasteiger charge is 2.34. The molecule has 2 fully saturated rings. The molecule has 0 aromatic carbocycles. The molecule has 0 bridgehead atoms. The van der Waals surface area contributed by atoms with Gasteiger partial charge in [-0.1, -0.05) is 27.2 Å². The Hall–Kier alpha value is -0.570. The largest absolute Gasteiger partial charge is 0.353 e. The second kappa shape index (κ2) is 6.05. The molecule has 2 rings (SSSR count). The van der Waals surface area contributed by atoms with E-state index in [0.717, 1.165) is 25.4 Å². The van der Waals surface area contributed by atoms with Gasteiger partial charge in [0.05, 0.1) is 5.92 Å². The van der Waals surface area contributed by atoms with E-state index in [1.165, 1.54) is 19.3 Å². The zero-order valence-electron chi connectivity index (χ0n) is 12.0. The highest BCUT2D eigenvalue weighted by Crippen LogP contribution is 2.34. The Morgan fingerprint density at radius 3 is 2.67 bits per heavy atom. The number of amides is 1. The van der Waals surface area contributed by atoms with Gasteiger partial charge in [-0.15, -0.1) is 0 Å². The van der Waals surface area contributed by atoms with Crippen LogP contribution in [0.5, 0.6) is 0 Å². The maximum atomic E-state index is 12.3. The highest BCUT2D eigenvalue weighted by molar-refractivity contribution is 5.79. The summed E-state index contributed by atoms with van der Waals surface area (Å²) >= 11 is 0. The van der Waals surface area contributed by atoms with Gasteiger partial charge in [0, 0.05) is 12.6 Å². The Kier molecular flexibility index (Phi) is 4.66. The van der Waals surface area contributed by atoms with Gasteiger partial charge in [-0.2, -0.15) is 0 Å². The standard InChI is InChI=1S/C15H28N2O/c1-4-12-5-6-14(11(12)3)17-15(18)13-7-10(2)8-16-9-13/h10-14,16H,4-9H2,1-3H3,(H,17,18). The normalized spacial score (nSPS) is 40.7. The molecule has 0 spiro atoms. The smallest absolute Gasteiger partial charge is 0.224 e. The molecular formula is C15H28N2O. The van der Waals surface area contributed by atoms with E-state index in [4.69, 9.17) is 0 Å². The number of piperidine rings is 1. The van der Waals surface area contributed by atoms with Gasteiger partial charge in [-0.3, -0.25) is 4.79 Å². The first-order valence-electron chi connectivity index (χ1n) is 7.62. The Morgan fingerprint density at radius 1 is 1.28 bits per heavy atom. The lowest BCUT2D eigenvalue weighted by atomic mass is 9.90. The predicted octanol–water partition coefficient (Wildman–Crippen LogP) is 2.17. The van der Waals surface area contributed by atoms with Crippen LogP contribution in [0.3, 0.4) is 0 Å². The van der Waals surface area contributed by atoms with Crippen molar-refractivity contribution in [2.45, 2.75) is 52.5 Å². The van der Waals surface area contributed by atoms with Gasteiger partial charge < -0.3 is 10.6 Å². The topological polar surface area (TPSA) is 41.1 Å². The Labute approximate surface area is 111 Å². The number of carbonyl (C=O) groups is 1. The first-order valence-corrected chi connectivity index (χ1v) is 7.62. The SMILES string of the molecule is CCC1CCC(NC(=O)C2CNCC(C)C2)C1C. The zero-order chi connectivity index (χ0) is 13.1. The van der Waals surface area contributed by atoms with Crippen LogP contribution in [-0.2, 0) is 4.79 Å². The van der Waals surface area contributed by atoms with Gasteiger partial charge in [0.2, 0.25) is 5.91 Å². The Balaban J connectivity index is 1.84. The van der Waals surface area contributed by atoms with Crippen LogP contribution in [0, 0.1) is 23.7 Å². The summed E-state index contributed by atoms with van der Waals surface area (Å²) in [7, 11) is 0. The molecule has 2 N–H and O–H groups in total. The van der Waals surface area contributed by atoms with E-state index < -0.39 is 0 Å². The van der Waals surface area contributed by atoms with Crippen LogP contribution in [-0.4, -0.2) is 25.0 Å². The van der Waals surface area contributed by atoms with Crippen molar-refractivity contribution in [2.24, 2.45) is 23.7 Å². The summed E-state index contributed by atoms with van der Waals surface area (Å²) in [6.45, 7) is 8.69. The lowest BCUT2D eigenvalue weighted by Crippen LogP contribution is -2.47. The van der Waals surface area contributed by atoms with Crippen molar-refractivity contribution in [3.63, 3.8) is 0 Å². The molecule has 5 unspecified atom stereocenters. The molecular weight excluding hydrogens is 224 g/mol. The van der Waals surface area contributed by atoms with Crippen LogP contribution < -0.4 is 10.6 Å². The first kappa shape index (κ1) is 13.9. The average Bonchev–Trinajstić information content (AvgIpc) is 2.70. The van der Waals surface area contributed by atoms with Crippen LogP contribution in [0.15, 0.2) is 0 Å². The highest BCUT2D eigenvalue weighted by atomic mass is 16.2. The van der Waals surface area contributed by atoms with E-state index in [0.29, 0.717) is 17.9 Å². The van der Waals surface area contributed by atoms with E-state index in [1.54, 1.807) is 0 Å². The van der Waals surface area contributed by atoms with E-state index in [1.807, 2.05) is 0 Å². The first-order chi connectivity index (χ1) is 8.61. The van der Waals surface area contributed by atoms with Crippen molar-refractivity contribution in [3.8, 4) is 0 Å². The summed E-state index contributed by atoms with van der Waals surface area (Å²) in [5.41, 5.74) is 0. The molecule has 1 aliphatic heterocycles. The Morgan fingerprint density at radius 2 is 2.06 bits per heavy atom. The van der Waals surface area contributed by atoms with Crippen LogP contribution in [0.4, 0.5) is 0 Å². The van der Waals surface area contributed by atoms with Crippen molar-refractivity contribution in [2.75, 3.05) is 13.1 Å². The molecule has 18 heavy (non-hydrogen) atoms. The number of carbonyl (C=O) groups excluding carboxylic acids is 1. The lowest BCUT2D eigenvalue weighted by Gasteiger charge is -2.29. The second-order valence-corrected chi connectivity index (χ2v) is 6.42. The maximum absolute atomic E-state index is 12.3. The van der Waals surface area contributed by atoms with Gasteiger partial charge in [-0.25, -0.2) is 0 Å². The minimum Gasteiger partial charge on any atom is -0.353 e. The summed E-state index contributed by atoms with van der Waals surface area (Å²) in [6.07, 6.45) is 4.73. The molecule has 5 atom stereocenters. The quantitative estimate of drug-likeness (QED) is 0.808. The van der Waals surface area contributed by atoms with Crippen LogP contribution in [0.2, 0.25) is 0 Å². The molecule has 1 saturated carbocycles. The van der Waals surface area contributed by atoms with Gasteiger partial charge >= 0.3 is 0 Å². The van der Waals surface area contributed by atoms with Crippen molar-refractivity contribution < 1.29 is 4.79 Å². The molecule has 1 aliphatic carbocycles. The van der Waals surface area contributed by atoms with Crippen molar-refractivity contribution in [3.05, 3.63) is 0 Å². The van der Waals surface area contributed by atoms with E-state index in [-0.39, 0.29) is 11.8 Å². The van der Waals surface area contributed by atoms with Crippen molar-refractivity contribution in [1.82, 2.24) is 10.6 Å². The lowest BCUT2D eigenvalue weighted by molar-refractivity contribution is -0.126. The fourth-order valence-electron chi connectivity index (χ4n) is 3.68. The third-order valence-electron chi connectivity index (χ3n) is 5.02. The summed E-state index contributed by atoms with van der Waals surface area (Å²) in [5, 5.41) is 6.66. The summed E-state index contributed by atoms with van der Waals surface area (Å²) in [6, 6.07) is 0.416. The molecule has 104 valence electrons. The number of nitrogens with one attached hydrogen (secondary N) is 2. The molecule has 1 heterocycles. The summed E-state index contributed by atoms with van der Waals surface area (Å²) < 4.78 is 0. The monoisotopic (exact) mass is 252 g/mol. The van der Waals surface area contributed by atoms with Gasteiger partial charge in [0.15, 0.2) is 0 Å². The maximum Gasteiger partial charge on any atom is 0.224 e. The van der Waals surface area contributed by atoms with Gasteiger partial charge in [-0.05, 0) is 43.6 Å². The molecule has 1 saturated heterocycles. The summed E-state index contributed by atoms with van der Waals surface area (Å²) in [5.74, 6) is 2.54. The van der Waals surface area contributed by atoms with E-state index >= 15 is 0 Å². The second-order valence-electron chi connectivity index (χ2n) is 6.42. The van der Waals surface area contributed by atoms with Gasteiger partial charge in [0.25, 0.3) is 0 Å². The third kappa shape index (κ3) is 3.05. The fourth-order valence-corrected chi connectivity index (χ4v) is 3.68. The predicted molar refractivity (Wildman–Crippen MR) is 74.3 cm³/mol. The molecule has 0 radical (unpaired) electrons. The third-order valence-corrected chi connectivity index (χ3v) is 5.02. The number of hydrogen-bond donors (Lipinski definition) is 2. The van der Waals surface area contributed by atoms with E-state index in [9.17, 15) is 4.79 Å². The molecule has 2 aliphatic rings. The minimum absolute atomic E-state index is 0.182.